The summed E-state index contributed by atoms with van der Waals surface area (Å²) in [5.41, 5.74) is 3.13. The Morgan fingerprint density at radius 1 is 0.971 bits per heavy atom. The maximum absolute atomic E-state index is 11.0. The van der Waals surface area contributed by atoms with Crippen LogP contribution in [0.1, 0.15) is 81.4 Å². The SMILES string of the molecule is CCCCCCCCCCC#Cc1ccc(CN(CCc2cccc(Cl)c2)OCC(=O)O)cc1. The molecule has 0 spiro atoms. The average molecular weight is 484 g/mol. The van der Waals surface area contributed by atoms with Crippen molar-refractivity contribution in [1.29, 1.82) is 0 Å². The number of carboxylic acids is 1. The quantitative estimate of drug-likeness (QED) is 0.155. The largest absolute Gasteiger partial charge is 0.479 e. The second-order valence-electron chi connectivity index (χ2n) is 8.63. The third-order valence-corrected chi connectivity index (χ3v) is 5.85. The monoisotopic (exact) mass is 483 g/mol. The Morgan fingerprint density at radius 3 is 2.35 bits per heavy atom. The number of benzene rings is 2. The number of rotatable bonds is 16. The van der Waals surface area contributed by atoms with Gasteiger partial charge in [0, 0.05) is 30.1 Å². The molecule has 1 N–H and O–H groups in total. The third kappa shape index (κ3) is 12.8. The van der Waals surface area contributed by atoms with Crippen LogP contribution in [0.4, 0.5) is 0 Å². The van der Waals surface area contributed by atoms with Gasteiger partial charge in [0.05, 0.1) is 0 Å². The molecule has 2 aromatic carbocycles. The lowest BCUT2D eigenvalue weighted by Crippen LogP contribution is -2.28. The first-order valence-electron chi connectivity index (χ1n) is 12.5. The van der Waals surface area contributed by atoms with Crippen molar-refractivity contribution in [3.05, 3.63) is 70.2 Å². The molecule has 0 unspecified atom stereocenters. The zero-order valence-corrected chi connectivity index (χ0v) is 21.2. The summed E-state index contributed by atoms with van der Waals surface area (Å²) in [4.78, 5) is 16.5. The Kier molecular flexibility index (Phi) is 14.1. The molecule has 2 aromatic rings. The molecule has 34 heavy (non-hydrogen) atoms. The number of halogens is 1. The topological polar surface area (TPSA) is 49.8 Å². The number of hydrogen-bond acceptors (Lipinski definition) is 3. The molecule has 0 aliphatic rings. The second kappa shape index (κ2) is 17.2. The van der Waals surface area contributed by atoms with Crippen LogP contribution in [0.15, 0.2) is 48.5 Å². The van der Waals surface area contributed by atoms with E-state index in [1.54, 1.807) is 5.06 Å². The summed E-state index contributed by atoms with van der Waals surface area (Å²) in [6.07, 6.45) is 12.2. The summed E-state index contributed by atoms with van der Waals surface area (Å²) >= 11 is 6.06. The molecule has 0 bridgehead atoms. The van der Waals surface area contributed by atoms with Crippen LogP contribution in [0, 0.1) is 11.8 Å². The van der Waals surface area contributed by atoms with Crippen molar-refractivity contribution in [2.24, 2.45) is 0 Å². The van der Waals surface area contributed by atoms with Gasteiger partial charge in [0.2, 0.25) is 0 Å². The highest BCUT2D eigenvalue weighted by Crippen LogP contribution is 2.14. The van der Waals surface area contributed by atoms with Gasteiger partial charge in [0.1, 0.15) is 0 Å². The highest BCUT2D eigenvalue weighted by atomic mass is 35.5. The number of carboxylic acid groups (broad SMARTS) is 1. The first-order valence-corrected chi connectivity index (χ1v) is 12.9. The smallest absolute Gasteiger partial charge is 0.331 e. The minimum atomic E-state index is -0.991. The van der Waals surface area contributed by atoms with Crippen molar-refractivity contribution in [1.82, 2.24) is 5.06 Å². The molecule has 184 valence electrons. The molecule has 0 aliphatic heterocycles. The minimum absolute atomic E-state index is 0.363. The standard InChI is InChI=1S/C29H38ClNO3/c1-2-3-4-5-6-7-8-9-10-11-13-25-16-18-27(19-17-25)23-31(34-24-29(32)33)21-20-26-14-12-15-28(30)22-26/h12,14-19,22H,2-10,20-21,23-24H2,1H3,(H,32,33). The van der Waals surface area contributed by atoms with Crippen molar-refractivity contribution < 1.29 is 14.7 Å². The zero-order chi connectivity index (χ0) is 24.4. The predicted molar refractivity (Wildman–Crippen MR) is 140 cm³/mol. The van der Waals surface area contributed by atoms with Gasteiger partial charge in [-0.3, -0.25) is 4.84 Å². The minimum Gasteiger partial charge on any atom is -0.479 e. The molecule has 0 radical (unpaired) electrons. The number of aliphatic carboxylic acids is 1. The van der Waals surface area contributed by atoms with Gasteiger partial charge in [0.15, 0.2) is 6.61 Å². The molecular weight excluding hydrogens is 446 g/mol. The molecule has 2 rings (SSSR count). The number of nitrogens with zero attached hydrogens (tertiary/aromatic N) is 1. The van der Waals surface area contributed by atoms with Crippen molar-refractivity contribution in [2.75, 3.05) is 13.2 Å². The summed E-state index contributed by atoms with van der Waals surface area (Å²) in [5, 5.41) is 11.4. The van der Waals surface area contributed by atoms with Crippen LogP contribution in [-0.2, 0) is 22.6 Å². The van der Waals surface area contributed by atoms with E-state index in [2.05, 4.69) is 18.8 Å². The molecule has 0 aromatic heterocycles. The Balaban J connectivity index is 1.77. The molecule has 4 nitrogen and oxygen atoms in total. The second-order valence-corrected chi connectivity index (χ2v) is 9.07. The van der Waals surface area contributed by atoms with Crippen LogP contribution in [0.2, 0.25) is 5.02 Å². The van der Waals surface area contributed by atoms with Crippen LogP contribution in [-0.4, -0.2) is 29.3 Å². The van der Waals surface area contributed by atoms with Crippen molar-refractivity contribution in [3.63, 3.8) is 0 Å². The average Bonchev–Trinajstić information content (AvgIpc) is 2.83. The number of hydrogen-bond donors (Lipinski definition) is 1. The van der Waals surface area contributed by atoms with Crippen LogP contribution >= 0.6 is 11.6 Å². The van der Waals surface area contributed by atoms with Crippen LogP contribution in [0.5, 0.6) is 0 Å². The Labute approximate surface area is 210 Å². The van der Waals surface area contributed by atoms with E-state index in [1.165, 1.54) is 51.4 Å². The van der Waals surface area contributed by atoms with Crippen LogP contribution < -0.4 is 0 Å². The summed E-state index contributed by atoms with van der Waals surface area (Å²) in [5.74, 6) is 5.55. The zero-order valence-electron chi connectivity index (χ0n) is 20.4. The van der Waals surface area contributed by atoms with E-state index in [0.717, 1.165) is 23.1 Å². The predicted octanol–water partition coefficient (Wildman–Crippen LogP) is 7.28. The highest BCUT2D eigenvalue weighted by molar-refractivity contribution is 6.30. The van der Waals surface area contributed by atoms with Crippen LogP contribution in [0.3, 0.4) is 0 Å². The molecule has 5 heteroatoms. The van der Waals surface area contributed by atoms with E-state index in [0.29, 0.717) is 24.5 Å². The Morgan fingerprint density at radius 2 is 1.68 bits per heavy atom. The lowest BCUT2D eigenvalue weighted by molar-refractivity contribution is -0.185. The van der Waals surface area contributed by atoms with Crippen molar-refractivity contribution in [2.45, 2.75) is 77.7 Å². The molecule has 0 saturated carbocycles. The van der Waals surface area contributed by atoms with Gasteiger partial charge in [-0.05, 0) is 48.2 Å². The van der Waals surface area contributed by atoms with Gasteiger partial charge >= 0.3 is 5.97 Å². The fourth-order valence-corrected chi connectivity index (χ4v) is 3.90. The van der Waals surface area contributed by atoms with Gasteiger partial charge in [-0.15, -0.1) is 0 Å². The first kappa shape index (κ1) is 27.9. The molecule has 0 amide bonds. The number of hydroxylamine groups is 2. The maximum Gasteiger partial charge on any atom is 0.331 e. The lowest BCUT2D eigenvalue weighted by Gasteiger charge is -2.21. The maximum atomic E-state index is 11.0. The van der Waals surface area contributed by atoms with E-state index in [9.17, 15) is 4.79 Å². The number of carbonyl (C=O) groups is 1. The molecule has 0 fully saturated rings. The summed E-state index contributed by atoms with van der Waals surface area (Å²) in [6.45, 7) is 2.95. The van der Waals surface area contributed by atoms with E-state index < -0.39 is 5.97 Å². The van der Waals surface area contributed by atoms with E-state index >= 15 is 0 Å². The summed E-state index contributed by atoms with van der Waals surface area (Å²) in [6, 6.07) is 15.7. The highest BCUT2D eigenvalue weighted by Gasteiger charge is 2.10. The lowest BCUT2D eigenvalue weighted by atomic mass is 10.1. The molecule has 0 atom stereocenters. The van der Waals surface area contributed by atoms with Gasteiger partial charge in [-0.2, -0.15) is 5.06 Å². The Bertz CT molecular complexity index is 902. The molecule has 0 aliphatic carbocycles. The first-order chi connectivity index (χ1) is 16.6. The Hall–Kier alpha value is -2.32. The van der Waals surface area contributed by atoms with Gasteiger partial charge in [0.25, 0.3) is 0 Å². The van der Waals surface area contributed by atoms with Gasteiger partial charge in [-0.1, -0.05) is 99.6 Å². The summed E-state index contributed by atoms with van der Waals surface area (Å²) < 4.78 is 0. The molecule has 0 heterocycles. The van der Waals surface area contributed by atoms with Crippen LogP contribution in [0.25, 0.3) is 0 Å². The van der Waals surface area contributed by atoms with Crippen molar-refractivity contribution in [3.8, 4) is 11.8 Å². The van der Waals surface area contributed by atoms with Gasteiger partial charge in [-0.25, -0.2) is 4.79 Å². The molecule has 0 saturated heterocycles. The van der Waals surface area contributed by atoms with E-state index in [1.807, 2.05) is 48.5 Å². The van der Waals surface area contributed by atoms with Gasteiger partial charge < -0.3 is 5.11 Å². The molecular formula is C29H38ClNO3. The third-order valence-electron chi connectivity index (χ3n) is 5.61. The fraction of sp³-hybridized carbons (Fsp3) is 0.483. The van der Waals surface area contributed by atoms with E-state index in [4.69, 9.17) is 21.5 Å². The number of unbranched alkanes of at least 4 members (excludes halogenated alkanes) is 8. The normalized spacial score (nSPS) is 10.8. The fourth-order valence-electron chi connectivity index (χ4n) is 3.69. The van der Waals surface area contributed by atoms with E-state index in [-0.39, 0.29) is 6.61 Å². The summed E-state index contributed by atoms with van der Waals surface area (Å²) in [7, 11) is 0. The van der Waals surface area contributed by atoms with Crippen molar-refractivity contribution >= 4 is 17.6 Å².